The molecule has 0 saturated carbocycles. The third-order valence-corrected chi connectivity index (χ3v) is 2.55. The predicted molar refractivity (Wildman–Crippen MR) is 57.8 cm³/mol. The largest absolute Gasteiger partial charge is 0.393 e. The zero-order chi connectivity index (χ0) is 11.1. The van der Waals surface area contributed by atoms with E-state index in [0.29, 0.717) is 6.54 Å². The Hall–Kier alpha value is -0.200. The number of morpholine rings is 1. The van der Waals surface area contributed by atoms with Gasteiger partial charge in [-0.15, -0.1) is 0 Å². The van der Waals surface area contributed by atoms with Gasteiger partial charge in [0.05, 0.1) is 25.4 Å². The maximum atomic E-state index is 9.51. The molecule has 0 bridgehead atoms. The Morgan fingerprint density at radius 2 is 2.07 bits per heavy atom. The van der Waals surface area contributed by atoms with Gasteiger partial charge < -0.3 is 20.3 Å². The van der Waals surface area contributed by atoms with Gasteiger partial charge >= 0.3 is 0 Å². The number of aliphatic hydroxyl groups is 2. The van der Waals surface area contributed by atoms with E-state index >= 15 is 0 Å². The molecular weight excluding hydrogens is 196 g/mol. The molecule has 0 radical (unpaired) electrons. The lowest BCUT2D eigenvalue weighted by atomic mass is 10.1. The monoisotopic (exact) mass is 218 g/mol. The maximum absolute atomic E-state index is 9.51. The molecule has 1 aliphatic rings. The lowest BCUT2D eigenvalue weighted by Gasteiger charge is -2.27. The second kappa shape index (κ2) is 6.40. The molecule has 1 saturated heterocycles. The number of aliphatic hydroxyl groups excluding tert-OH is 1. The van der Waals surface area contributed by atoms with Crippen molar-refractivity contribution in [3.05, 3.63) is 0 Å². The molecular formula is C10H22N2O3. The smallest absolute Gasteiger partial charge is 0.0972 e. The highest BCUT2D eigenvalue weighted by atomic mass is 16.5. The lowest BCUT2D eigenvalue weighted by molar-refractivity contribution is 0.00123. The van der Waals surface area contributed by atoms with Crippen LogP contribution in [-0.4, -0.2) is 73.3 Å². The molecule has 15 heavy (non-hydrogen) atoms. The Labute approximate surface area is 91.0 Å². The summed E-state index contributed by atoms with van der Waals surface area (Å²) in [7, 11) is 0. The summed E-state index contributed by atoms with van der Waals surface area (Å²) in [6.45, 7) is 7.22. The van der Waals surface area contributed by atoms with E-state index in [9.17, 15) is 5.11 Å². The van der Waals surface area contributed by atoms with E-state index < -0.39 is 5.60 Å². The summed E-state index contributed by atoms with van der Waals surface area (Å²) < 4.78 is 5.24. The van der Waals surface area contributed by atoms with Gasteiger partial charge in [0.2, 0.25) is 0 Å². The first-order valence-corrected chi connectivity index (χ1v) is 5.48. The Bertz CT molecular complexity index is 170. The number of rotatable bonds is 6. The predicted octanol–water partition coefficient (Wildman–Crippen LogP) is -1.35. The first kappa shape index (κ1) is 12.9. The second-order valence-corrected chi connectivity index (χ2v) is 4.29. The minimum atomic E-state index is -1.01. The Kier molecular flexibility index (Phi) is 5.49. The van der Waals surface area contributed by atoms with E-state index in [1.54, 1.807) is 6.92 Å². The molecule has 5 nitrogen and oxygen atoms in total. The summed E-state index contributed by atoms with van der Waals surface area (Å²) in [5.41, 5.74) is -1.01. The second-order valence-electron chi connectivity index (χ2n) is 4.29. The van der Waals surface area contributed by atoms with Crippen molar-refractivity contribution in [1.29, 1.82) is 0 Å². The highest BCUT2D eigenvalue weighted by Crippen LogP contribution is 1.98. The normalized spacial score (nSPS) is 22.6. The quantitative estimate of drug-likeness (QED) is 0.481. The first-order valence-electron chi connectivity index (χ1n) is 5.48. The minimum absolute atomic E-state index is 0.211. The number of ether oxygens (including phenoxy) is 1. The van der Waals surface area contributed by atoms with Crippen LogP contribution in [0.15, 0.2) is 0 Å². The van der Waals surface area contributed by atoms with Gasteiger partial charge in [-0.3, -0.25) is 4.90 Å². The molecule has 5 heteroatoms. The third-order valence-electron chi connectivity index (χ3n) is 2.55. The van der Waals surface area contributed by atoms with Crippen LogP contribution >= 0.6 is 0 Å². The van der Waals surface area contributed by atoms with Gasteiger partial charge in [0.25, 0.3) is 0 Å². The molecule has 1 fully saturated rings. The van der Waals surface area contributed by atoms with Crippen LogP contribution in [0.25, 0.3) is 0 Å². The van der Waals surface area contributed by atoms with Crippen LogP contribution in [0.3, 0.4) is 0 Å². The van der Waals surface area contributed by atoms with Crippen LogP contribution in [0, 0.1) is 0 Å². The fourth-order valence-corrected chi connectivity index (χ4v) is 1.48. The molecule has 1 heterocycles. The van der Waals surface area contributed by atoms with Crippen molar-refractivity contribution in [1.82, 2.24) is 10.2 Å². The van der Waals surface area contributed by atoms with Crippen molar-refractivity contribution in [2.75, 3.05) is 52.5 Å². The summed E-state index contributed by atoms with van der Waals surface area (Å²) in [5, 5.41) is 21.5. The fraction of sp³-hybridized carbons (Fsp3) is 1.00. The van der Waals surface area contributed by atoms with E-state index in [-0.39, 0.29) is 6.61 Å². The number of nitrogens with one attached hydrogen (secondary N) is 1. The van der Waals surface area contributed by atoms with Gasteiger partial charge in [0.15, 0.2) is 0 Å². The molecule has 1 unspecified atom stereocenters. The average molecular weight is 218 g/mol. The van der Waals surface area contributed by atoms with Crippen LogP contribution in [0.1, 0.15) is 6.92 Å². The van der Waals surface area contributed by atoms with Crippen LogP contribution in [0.4, 0.5) is 0 Å². The zero-order valence-electron chi connectivity index (χ0n) is 9.41. The molecule has 0 aromatic heterocycles. The molecule has 90 valence electrons. The first-order chi connectivity index (χ1) is 7.14. The molecule has 0 spiro atoms. The molecule has 1 atom stereocenters. The number of nitrogens with zero attached hydrogens (tertiary/aromatic N) is 1. The number of hydrogen-bond acceptors (Lipinski definition) is 5. The van der Waals surface area contributed by atoms with Gasteiger partial charge in [-0.25, -0.2) is 0 Å². The molecule has 0 aliphatic carbocycles. The molecule has 1 aliphatic heterocycles. The molecule has 0 aromatic rings. The van der Waals surface area contributed by atoms with Gasteiger partial charge in [-0.2, -0.15) is 0 Å². The minimum Gasteiger partial charge on any atom is -0.393 e. The topological polar surface area (TPSA) is 65.0 Å². The van der Waals surface area contributed by atoms with Crippen molar-refractivity contribution in [2.45, 2.75) is 12.5 Å². The van der Waals surface area contributed by atoms with Gasteiger partial charge in [0, 0.05) is 32.7 Å². The Morgan fingerprint density at radius 3 is 2.67 bits per heavy atom. The van der Waals surface area contributed by atoms with E-state index in [0.717, 1.165) is 39.4 Å². The molecule has 3 N–H and O–H groups in total. The van der Waals surface area contributed by atoms with E-state index in [1.807, 2.05) is 0 Å². The molecule has 1 rings (SSSR count). The maximum Gasteiger partial charge on any atom is 0.0972 e. The average Bonchev–Trinajstić information content (AvgIpc) is 2.26. The van der Waals surface area contributed by atoms with E-state index in [1.165, 1.54) is 0 Å². The fourth-order valence-electron chi connectivity index (χ4n) is 1.48. The van der Waals surface area contributed by atoms with Crippen molar-refractivity contribution < 1.29 is 14.9 Å². The van der Waals surface area contributed by atoms with E-state index in [2.05, 4.69) is 10.2 Å². The van der Waals surface area contributed by atoms with Crippen LogP contribution < -0.4 is 5.32 Å². The lowest BCUT2D eigenvalue weighted by Crippen LogP contribution is -2.45. The highest BCUT2D eigenvalue weighted by molar-refractivity contribution is 4.74. The van der Waals surface area contributed by atoms with Crippen LogP contribution in [-0.2, 0) is 4.74 Å². The Balaban J connectivity index is 2.00. The van der Waals surface area contributed by atoms with Crippen LogP contribution in [0.5, 0.6) is 0 Å². The van der Waals surface area contributed by atoms with Crippen molar-refractivity contribution in [2.24, 2.45) is 0 Å². The van der Waals surface area contributed by atoms with Gasteiger partial charge in [-0.1, -0.05) is 0 Å². The summed E-state index contributed by atoms with van der Waals surface area (Å²) >= 11 is 0. The van der Waals surface area contributed by atoms with E-state index in [4.69, 9.17) is 9.84 Å². The summed E-state index contributed by atoms with van der Waals surface area (Å²) in [4.78, 5) is 2.32. The van der Waals surface area contributed by atoms with Gasteiger partial charge in [-0.05, 0) is 6.92 Å². The number of hydrogen-bond donors (Lipinski definition) is 3. The SMILES string of the molecule is CC(O)(CO)CNCCN1CCOCC1. The van der Waals surface area contributed by atoms with Crippen molar-refractivity contribution in [3.8, 4) is 0 Å². The summed E-state index contributed by atoms with van der Waals surface area (Å²) in [6.07, 6.45) is 0. The molecule has 0 amide bonds. The van der Waals surface area contributed by atoms with Crippen molar-refractivity contribution in [3.63, 3.8) is 0 Å². The zero-order valence-corrected chi connectivity index (χ0v) is 9.41. The van der Waals surface area contributed by atoms with Gasteiger partial charge in [0.1, 0.15) is 0 Å². The summed E-state index contributed by atoms with van der Waals surface area (Å²) in [5.74, 6) is 0. The molecule has 0 aromatic carbocycles. The standard InChI is InChI=1S/C10H22N2O3/c1-10(14,9-13)8-11-2-3-12-4-6-15-7-5-12/h11,13-14H,2-9H2,1H3. The van der Waals surface area contributed by atoms with Crippen LogP contribution in [0.2, 0.25) is 0 Å². The Morgan fingerprint density at radius 1 is 1.40 bits per heavy atom. The highest BCUT2D eigenvalue weighted by Gasteiger charge is 2.18. The van der Waals surface area contributed by atoms with Crippen molar-refractivity contribution >= 4 is 0 Å². The third kappa shape index (κ3) is 5.44. The summed E-state index contributed by atoms with van der Waals surface area (Å²) in [6, 6.07) is 0.